The third-order valence-electron chi connectivity index (χ3n) is 3.95. The molecule has 1 aliphatic carbocycles. The van der Waals surface area contributed by atoms with Gasteiger partial charge in [-0.15, -0.1) is 0 Å². The molecule has 0 spiro atoms. The van der Waals surface area contributed by atoms with Crippen molar-refractivity contribution in [1.29, 1.82) is 0 Å². The molecule has 20 heavy (non-hydrogen) atoms. The molecule has 112 valence electrons. The van der Waals surface area contributed by atoms with Gasteiger partial charge in [-0.25, -0.2) is 9.48 Å². The number of carbonyl (C=O) groups is 1. The molecule has 1 heterocycles. The van der Waals surface area contributed by atoms with Gasteiger partial charge in [-0.1, -0.05) is 0 Å². The van der Waals surface area contributed by atoms with Gasteiger partial charge >= 0.3 is 6.03 Å². The highest BCUT2D eigenvalue weighted by atomic mass is 32.2. The molecule has 2 amide bonds. The minimum Gasteiger partial charge on any atom is -0.325 e. The van der Waals surface area contributed by atoms with E-state index in [0.29, 0.717) is 11.3 Å². The molecule has 6 heteroatoms. The van der Waals surface area contributed by atoms with Crippen LogP contribution in [-0.4, -0.2) is 45.3 Å². The number of urea groups is 1. The number of nitrogens with one attached hydrogen (secondary N) is 1. The topological polar surface area (TPSA) is 50.2 Å². The van der Waals surface area contributed by atoms with E-state index >= 15 is 0 Å². The Morgan fingerprint density at radius 1 is 1.55 bits per heavy atom. The molecule has 0 aliphatic heterocycles. The van der Waals surface area contributed by atoms with E-state index in [2.05, 4.69) is 16.7 Å². The average Bonchev–Trinajstić information content (AvgIpc) is 3.06. The van der Waals surface area contributed by atoms with Crippen molar-refractivity contribution >= 4 is 23.6 Å². The lowest BCUT2D eigenvalue weighted by Gasteiger charge is -2.25. The number of aromatic nitrogens is 2. The SMILES string of the molecule is CS[C@H]1CC[C@@H](N(C)C(=O)Nc2ccnn2C(C)C)C1. The fraction of sp³-hybridized carbons (Fsp3) is 0.714. The molecule has 0 radical (unpaired) electrons. The van der Waals surface area contributed by atoms with Gasteiger partial charge in [-0.2, -0.15) is 16.9 Å². The summed E-state index contributed by atoms with van der Waals surface area (Å²) in [7, 11) is 1.89. The van der Waals surface area contributed by atoms with Crippen molar-refractivity contribution in [2.24, 2.45) is 0 Å². The zero-order valence-corrected chi connectivity index (χ0v) is 13.5. The third kappa shape index (κ3) is 3.29. The molecular formula is C14H24N4OS. The van der Waals surface area contributed by atoms with Crippen LogP contribution in [-0.2, 0) is 0 Å². The second-order valence-electron chi connectivity index (χ2n) is 5.62. The van der Waals surface area contributed by atoms with Crippen molar-refractivity contribution in [1.82, 2.24) is 14.7 Å². The molecule has 0 aromatic carbocycles. The van der Waals surface area contributed by atoms with E-state index in [1.165, 1.54) is 6.42 Å². The quantitative estimate of drug-likeness (QED) is 0.928. The maximum Gasteiger partial charge on any atom is 0.322 e. The molecule has 0 bridgehead atoms. The lowest BCUT2D eigenvalue weighted by Crippen LogP contribution is -2.39. The van der Waals surface area contributed by atoms with E-state index in [4.69, 9.17) is 0 Å². The summed E-state index contributed by atoms with van der Waals surface area (Å²) in [5.41, 5.74) is 0. The summed E-state index contributed by atoms with van der Waals surface area (Å²) < 4.78 is 1.82. The number of thioether (sulfide) groups is 1. The van der Waals surface area contributed by atoms with Gasteiger partial charge in [0.2, 0.25) is 0 Å². The summed E-state index contributed by atoms with van der Waals surface area (Å²) >= 11 is 1.90. The average molecular weight is 296 g/mol. The number of carbonyl (C=O) groups excluding carboxylic acids is 1. The van der Waals surface area contributed by atoms with Crippen LogP contribution in [0.4, 0.5) is 10.6 Å². The third-order valence-corrected chi connectivity index (χ3v) is 5.05. The highest BCUT2D eigenvalue weighted by Gasteiger charge is 2.29. The van der Waals surface area contributed by atoms with Crippen molar-refractivity contribution in [3.05, 3.63) is 12.3 Å². The maximum atomic E-state index is 12.3. The van der Waals surface area contributed by atoms with Crippen LogP contribution >= 0.6 is 11.8 Å². The molecule has 1 aromatic heterocycles. The maximum absolute atomic E-state index is 12.3. The molecule has 1 aliphatic rings. The molecule has 2 atom stereocenters. The van der Waals surface area contributed by atoms with Crippen LogP contribution in [0.2, 0.25) is 0 Å². The number of nitrogens with zero attached hydrogens (tertiary/aromatic N) is 3. The number of hydrogen-bond donors (Lipinski definition) is 1. The van der Waals surface area contributed by atoms with Crippen molar-refractivity contribution in [3.63, 3.8) is 0 Å². The monoisotopic (exact) mass is 296 g/mol. The first-order chi connectivity index (χ1) is 9.52. The number of rotatable bonds is 4. The Morgan fingerprint density at radius 2 is 2.30 bits per heavy atom. The first-order valence-electron chi connectivity index (χ1n) is 7.13. The van der Waals surface area contributed by atoms with E-state index in [9.17, 15) is 4.79 Å². The zero-order chi connectivity index (χ0) is 14.7. The van der Waals surface area contributed by atoms with Gasteiger partial charge in [0, 0.05) is 30.4 Å². The Hall–Kier alpha value is -1.17. The summed E-state index contributed by atoms with van der Waals surface area (Å²) in [4.78, 5) is 14.2. The Kier molecular flexibility index (Phi) is 4.96. The summed E-state index contributed by atoms with van der Waals surface area (Å²) in [6, 6.07) is 2.38. The standard InChI is InChI=1S/C14H24N4OS/c1-10(2)18-13(7-8-15-18)16-14(19)17(3)11-5-6-12(9-11)20-4/h7-8,10-12H,5-6,9H2,1-4H3,(H,16,19)/t11-,12+/m1/s1. The van der Waals surface area contributed by atoms with E-state index < -0.39 is 0 Å². The molecule has 1 saturated carbocycles. The van der Waals surface area contributed by atoms with Crippen molar-refractivity contribution in [2.45, 2.75) is 50.4 Å². The highest BCUT2D eigenvalue weighted by molar-refractivity contribution is 7.99. The molecular weight excluding hydrogens is 272 g/mol. The Balaban J connectivity index is 1.96. The predicted molar refractivity (Wildman–Crippen MR) is 84.3 cm³/mol. The minimum atomic E-state index is -0.0425. The number of hydrogen-bond acceptors (Lipinski definition) is 3. The van der Waals surface area contributed by atoms with E-state index in [1.54, 1.807) is 6.20 Å². The van der Waals surface area contributed by atoms with Gasteiger partial charge in [0.15, 0.2) is 0 Å². The van der Waals surface area contributed by atoms with Gasteiger partial charge in [-0.3, -0.25) is 5.32 Å². The predicted octanol–water partition coefficient (Wildman–Crippen LogP) is 3.21. The first-order valence-corrected chi connectivity index (χ1v) is 8.41. The van der Waals surface area contributed by atoms with Gasteiger partial charge in [-0.05, 0) is 39.4 Å². The van der Waals surface area contributed by atoms with Gasteiger partial charge < -0.3 is 4.90 Å². The first kappa shape index (κ1) is 15.2. The highest BCUT2D eigenvalue weighted by Crippen LogP contribution is 2.31. The molecule has 1 fully saturated rings. The van der Waals surface area contributed by atoms with Crippen LogP contribution in [0.1, 0.15) is 39.2 Å². The van der Waals surface area contributed by atoms with Crippen LogP contribution < -0.4 is 5.32 Å². The lowest BCUT2D eigenvalue weighted by molar-refractivity contribution is 0.204. The zero-order valence-electron chi connectivity index (χ0n) is 12.7. The lowest BCUT2D eigenvalue weighted by atomic mass is 10.2. The van der Waals surface area contributed by atoms with Crippen molar-refractivity contribution in [2.75, 3.05) is 18.6 Å². The van der Waals surface area contributed by atoms with Gasteiger partial charge in [0.05, 0.1) is 6.20 Å². The van der Waals surface area contributed by atoms with Crippen LogP contribution in [0, 0.1) is 0 Å². The fourth-order valence-corrected chi connectivity index (χ4v) is 3.46. The fourth-order valence-electron chi connectivity index (χ4n) is 2.67. The number of anilines is 1. The van der Waals surface area contributed by atoms with Crippen LogP contribution in [0.15, 0.2) is 12.3 Å². The molecule has 0 unspecified atom stereocenters. The summed E-state index contributed by atoms with van der Waals surface area (Å²) in [6.45, 7) is 4.10. The normalized spacial score (nSPS) is 22.2. The summed E-state index contributed by atoms with van der Waals surface area (Å²) in [6.07, 6.45) is 7.25. The number of amides is 2. The molecule has 0 saturated heterocycles. The molecule has 2 rings (SSSR count). The van der Waals surface area contributed by atoms with Gasteiger partial charge in [0.25, 0.3) is 0 Å². The van der Waals surface area contributed by atoms with Crippen LogP contribution in [0.5, 0.6) is 0 Å². The second-order valence-corrected chi connectivity index (χ2v) is 6.76. The van der Waals surface area contributed by atoms with Crippen molar-refractivity contribution in [3.8, 4) is 0 Å². The second kappa shape index (κ2) is 6.52. The summed E-state index contributed by atoms with van der Waals surface area (Å²) in [5.74, 6) is 0.760. The van der Waals surface area contributed by atoms with Crippen molar-refractivity contribution < 1.29 is 4.79 Å². The Labute approximate surface area is 125 Å². The summed E-state index contributed by atoms with van der Waals surface area (Å²) in [5, 5.41) is 7.88. The van der Waals surface area contributed by atoms with Crippen LogP contribution in [0.3, 0.4) is 0 Å². The van der Waals surface area contributed by atoms with Crippen LogP contribution in [0.25, 0.3) is 0 Å². The Morgan fingerprint density at radius 3 is 2.90 bits per heavy atom. The van der Waals surface area contributed by atoms with Gasteiger partial charge in [0.1, 0.15) is 5.82 Å². The smallest absolute Gasteiger partial charge is 0.322 e. The van der Waals surface area contributed by atoms with E-state index in [-0.39, 0.29) is 12.1 Å². The molecule has 1 N–H and O–H groups in total. The molecule has 1 aromatic rings. The molecule has 5 nitrogen and oxygen atoms in total. The largest absolute Gasteiger partial charge is 0.325 e. The van der Waals surface area contributed by atoms with E-state index in [1.807, 2.05) is 48.3 Å². The minimum absolute atomic E-state index is 0.0425. The Bertz CT molecular complexity index is 460. The van der Waals surface area contributed by atoms with E-state index in [0.717, 1.165) is 18.7 Å².